The molecule has 0 aliphatic carbocycles. The van der Waals surface area contributed by atoms with Crippen molar-refractivity contribution < 1.29 is 24.2 Å². The number of aliphatic hydroxyl groups excluding tert-OH is 1. The predicted octanol–water partition coefficient (Wildman–Crippen LogP) is 4.59. The number of methoxy groups -OCH3 is 1. The molecule has 0 aromatic heterocycles. The number of anilines is 2. The van der Waals surface area contributed by atoms with Gasteiger partial charge in [-0.3, -0.25) is 19.3 Å². The number of rotatable bonds is 5. The van der Waals surface area contributed by atoms with E-state index < -0.39 is 17.7 Å². The van der Waals surface area contributed by atoms with Gasteiger partial charge in [0, 0.05) is 18.3 Å². The molecular formula is C27H24N2O5. The summed E-state index contributed by atoms with van der Waals surface area (Å²) in [6.45, 7) is 3.27. The number of carbonyl (C=O) groups excluding carboxylic acids is 3. The predicted molar refractivity (Wildman–Crippen MR) is 130 cm³/mol. The van der Waals surface area contributed by atoms with Crippen LogP contribution in [0.5, 0.6) is 5.75 Å². The van der Waals surface area contributed by atoms with Gasteiger partial charge in [0.2, 0.25) is 5.91 Å². The average molecular weight is 456 g/mol. The van der Waals surface area contributed by atoms with E-state index in [9.17, 15) is 19.5 Å². The fraction of sp³-hybridized carbons (Fsp3) is 0.148. The van der Waals surface area contributed by atoms with E-state index in [4.69, 9.17) is 4.74 Å². The molecule has 1 aliphatic rings. The molecule has 1 unspecified atom stereocenters. The standard InChI is InChI=1S/C27H24N2O5/c1-16-9-14-22(34-3)21(15-16)25(31)23-24(18-7-5-4-6-8-18)29(27(33)26(23)32)20-12-10-19(11-13-20)28-17(2)30/h4-15,24,31H,1-3H3,(H,28,30)/b25-23+. The van der Waals surface area contributed by atoms with Gasteiger partial charge < -0.3 is 15.2 Å². The maximum Gasteiger partial charge on any atom is 0.300 e. The van der Waals surface area contributed by atoms with E-state index in [0.29, 0.717) is 28.3 Å². The Morgan fingerprint density at radius 3 is 2.29 bits per heavy atom. The summed E-state index contributed by atoms with van der Waals surface area (Å²) < 4.78 is 5.40. The molecule has 1 aliphatic heterocycles. The Bertz CT molecular complexity index is 1300. The average Bonchev–Trinajstić information content (AvgIpc) is 3.10. The fourth-order valence-corrected chi connectivity index (χ4v) is 4.11. The molecule has 4 rings (SSSR count). The number of Topliss-reactive ketones (excluding diaryl/α,β-unsaturated/α-hetero) is 1. The Morgan fingerprint density at radius 2 is 1.68 bits per heavy atom. The highest BCUT2D eigenvalue weighted by atomic mass is 16.5. The van der Waals surface area contributed by atoms with Gasteiger partial charge in [0.25, 0.3) is 11.7 Å². The van der Waals surface area contributed by atoms with Gasteiger partial charge in [0.15, 0.2) is 0 Å². The molecule has 0 radical (unpaired) electrons. The van der Waals surface area contributed by atoms with Crippen LogP contribution in [-0.2, 0) is 14.4 Å². The van der Waals surface area contributed by atoms with Gasteiger partial charge in [0.1, 0.15) is 11.5 Å². The van der Waals surface area contributed by atoms with Crippen molar-refractivity contribution >= 4 is 34.7 Å². The third-order valence-corrected chi connectivity index (χ3v) is 5.64. The Kier molecular flexibility index (Phi) is 6.19. The molecule has 0 bridgehead atoms. The van der Waals surface area contributed by atoms with Crippen LogP contribution in [0.4, 0.5) is 11.4 Å². The van der Waals surface area contributed by atoms with E-state index in [2.05, 4.69) is 5.32 Å². The third-order valence-electron chi connectivity index (χ3n) is 5.64. The van der Waals surface area contributed by atoms with Crippen molar-refractivity contribution in [2.45, 2.75) is 19.9 Å². The maximum absolute atomic E-state index is 13.3. The number of hydrogen-bond donors (Lipinski definition) is 2. The molecule has 7 heteroatoms. The summed E-state index contributed by atoms with van der Waals surface area (Å²) in [4.78, 5) is 39.2. The van der Waals surface area contributed by atoms with Crippen LogP contribution in [0.15, 0.2) is 78.4 Å². The number of carbonyl (C=O) groups is 3. The minimum atomic E-state index is -0.849. The second-order valence-electron chi connectivity index (χ2n) is 8.01. The summed E-state index contributed by atoms with van der Waals surface area (Å²) >= 11 is 0. The molecule has 1 heterocycles. The van der Waals surface area contributed by atoms with Gasteiger partial charge in [-0.1, -0.05) is 42.0 Å². The molecule has 0 spiro atoms. The zero-order valence-electron chi connectivity index (χ0n) is 19.0. The molecule has 1 atom stereocenters. The van der Waals surface area contributed by atoms with Crippen LogP contribution in [0.2, 0.25) is 0 Å². The molecule has 172 valence electrons. The number of ether oxygens (including phenoxy) is 1. The first-order chi connectivity index (χ1) is 16.3. The largest absolute Gasteiger partial charge is 0.507 e. The lowest BCUT2D eigenvalue weighted by Crippen LogP contribution is -2.29. The SMILES string of the molecule is COc1ccc(C)cc1/C(O)=C1\C(=O)C(=O)N(c2ccc(NC(C)=O)cc2)C1c1ccccc1. The highest BCUT2D eigenvalue weighted by molar-refractivity contribution is 6.51. The highest BCUT2D eigenvalue weighted by Crippen LogP contribution is 2.43. The Morgan fingerprint density at radius 1 is 1.00 bits per heavy atom. The monoisotopic (exact) mass is 456 g/mol. The van der Waals surface area contributed by atoms with Gasteiger partial charge in [-0.2, -0.15) is 0 Å². The normalized spacial score (nSPS) is 17.0. The van der Waals surface area contributed by atoms with Crippen LogP contribution in [-0.4, -0.2) is 29.8 Å². The third kappa shape index (κ3) is 4.15. The van der Waals surface area contributed by atoms with Crippen LogP contribution >= 0.6 is 0 Å². The Labute approximate surface area is 197 Å². The number of benzene rings is 3. The number of hydrogen-bond acceptors (Lipinski definition) is 5. The van der Waals surface area contributed by atoms with Gasteiger partial charge in [-0.05, 0) is 48.9 Å². The van der Waals surface area contributed by atoms with Crippen LogP contribution in [0.1, 0.15) is 29.7 Å². The Balaban J connectivity index is 1.90. The van der Waals surface area contributed by atoms with E-state index in [1.807, 2.05) is 31.2 Å². The van der Waals surface area contributed by atoms with Crippen molar-refractivity contribution in [3.63, 3.8) is 0 Å². The van der Waals surface area contributed by atoms with Gasteiger partial charge in [-0.15, -0.1) is 0 Å². The summed E-state index contributed by atoms with van der Waals surface area (Å²) in [6.07, 6.45) is 0. The first-order valence-corrected chi connectivity index (χ1v) is 10.7. The maximum atomic E-state index is 13.3. The van der Waals surface area contributed by atoms with E-state index in [-0.39, 0.29) is 17.2 Å². The molecule has 3 aromatic carbocycles. The number of aryl methyl sites for hydroxylation is 1. The van der Waals surface area contributed by atoms with E-state index in [1.54, 1.807) is 48.5 Å². The van der Waals surface area contributed by atoms with Gasteiger partial charge in [-0.25, -0.2) is 0 Å². The van der Waals surface area contributed by atoms with Crippen LogP contribution in [0, 0.1) is 6.92 Å². The quantitative estimate of drug-likeness (QED) is 0.333. The Hall–Kier alpha value is -4.39. The second kappa shape index (κ2) is 9.23. The molecule has 34 heavy (non-hydrogen) atoms. The topological polar surface area (TPSA) is 95.9 Å². The van der Waals surface area contributed by atoms with Gasteiger partial charge >= 0.3 is 0 Å². The van der Waals surface area contributed by atoms with Gasteiger partial charge in [0.05, 0.1) is 24.3 Å². The number of aliphatic hydroxyl groups is 1. The van der Waals surface area contributed by atoms with Crippen molar-refractivity contribution in [2.75, 3.05) is 17.3 Å². The summed E-state index contributed by atoms with van der Waals surface area (Å²) in [7, 11) is 1.48. The van der Waals surface area contributed by atoms with Crippen LogP contribution < -0.4 is 15.0 Å². The first-order valence-electron chi connectivity index (χ1n) is 10.7. The molecule has 2 amide bonds. The van der Waals surface area contributed by atoms with Crippen LogP contribution in [0.25, 0.3) is 5.76 Å². The lowest BCUT2D eigenvalue weighted by atomic mass is 9.94. The molecule has 3 aromatic rings. The number of amides is 2. The molecule has 7 nitrogen and oxygen atoms in total. The minimum Gasteiger partial charge on any atom is -0.507 e. The van der Waals surface area contributed by atoms with Crippen molar-refractivity contribution in [3.05, 3.63) is 95.1 Å². The van der Waals surface area contributed by atoms with Crippen molar-refractivity contribution in [1.82, 2.24) is 0 Å². The lowest BCUT2D eigenvalue weighted by molar-refractivity contribution is -0.132. The highest BCUT2D eigenvalue weighted by Gasteiger charge is 2.47. The summed E-state index contributed by atoms with van der Waals surface area (Å²) in [5.41, 5.74) is 2.87. The van der Waals surface area contributed by atoms with E-state index in [0.717, 1.165) is 5.56 Å². The lowest BCUT2D eigenvalue weighted by Gasteiger charge is -2.25. The smallest absolute Gasteiger partial charge is 0.300 e. The second-order valence-corrected chi connectivity index (χ2v) is 8.01. The molecule has 2 N–H and O–H groups in total. The zero-order chi connectivity index (χ0) is 24.4. The molecular weight excluding hydrogens is 432 g/mol. The molecule has 1 saturated heterocycles. The van der Waals surface area contributed by atoms with Crippen LogP contribution in [0.3, 0.4) is 0 Å². The molecule has 1 fully saturated rings. The fourth-order valence-electron chi connectivity index (χ4n) is 4.11. The summed E-state index contributed by atoms with van der Waals surface area (Å²) in [5, 5.41) is 14.0. The van der Waals surface area contributed by atoms with Crippen molar-refractivity contribution in [1.29, 1.82) is 0 Å². The number of nitrogens with zero attached hydrogens (tertiary/aromatic N) is 1. The summed E-state index contributed by atoms with van der Waals surface area (Å²) in [6, 6.07) is 20.1. The van der Waals surface area contributed by atoms with E-state index in [1.165, 1.54) is 18.9 Å². The molecule has 0 saturated carbocycles. The number of ketones is 1. The first kappa shape index (κ1) is 22.8. The van der Waals surface area contributed by atoms with E-state index >= 15 is 0 Å². The minimum absolute atomic E-state index is 0.0222. The van der Waals surface area contributed by atoms with Crippen molar-refractivity contribution in [2.24, 2.45) is 0 Å². The zero-order valence-corrected chi connectivity index (χ0v) is 19.0. The summed E-state index contributed by atoms with van der Waals surface area (Å²) in [5.74, 6) is -1.68. The van der Waals surface area contributed by atoms with Crippen molar-refractivity contribution in [3.8, 4) is 5.75 Å². The number of nitrogens with one attached hydrogen (secondary N) is 1.